The molecule has 1 aromatic rings. The normalized spacial score (nSPS) is 12.5. The fourth-order valence-electron chi connectivity index (χ4n) is 1.09. The highest BCUT2D eigenvalue weighted by Gasteiger charge is 2.18. The lowest BCUT2D eigenvalue weighted by atomic mass is 10.1. The van der Waals surface area contributed by atoms with Crippen molar-refractivity contribution in [3.8, 4) is 0 Å². The van der Waals surface area contributed by atoms with Gasteiger partial charge < -0.3 is 16.2 Å². The largest absolute Gasteiger partial charge is 0.398 e. The minimum absolute atomic E-state index is 0.198. The fourth-order valence-corrected chi connectivity index (χ4v) is 1.09. The van der Waals surface area contributed by atoms with Crippen molar-refractivity contribution in [3.63, 3.8) is 0 Å². The first-order valence-electron chi connectivity index (χ1n) is 4.61. The van der Waals surface area contributed by atoms with E-state index in [9.17, 15) is 13.6 Å². The van der Waals surface area contributed by atoms with Gasteiger partial charge in [0.1, 0.15) is 6.10 Å². The van der Waals surface area contributed by atoms with E-state index in [-0.39, 0.29) is 11.3 Å². The second kappa shape index (κ2) is 5.41. The van der Waals surface area contributed by atoms with E-state index in [0.717, 1.165) is 0 Å². The van der Waals surface area contributed by atoms with Gasteiger partial charge in [0.25, 0.3) is 12.3 Å². The topological polar surface area (TPSA) is 75.4 Å². The molecule has 0 aliphatic rings. The lowest BCUT2D eigenvalue weighted by molar-refractivity contribution is -0.00269. The van der Waals surface area contributed by atoms with Crippen molar-refractivity contribution in [2.24, 2.45) is 0 Å². The number of aliphatic hydroxyl groups excluding tert-OH is 1. The number of nitrogens with one attached hydrogen (secondary N) is 1. The maximum Gasteiger partial charge on any atom is 0.265 e. The molecule has 6 heteroatoms. The number of halogens is 2. The van der Waals surface area contributed by atoms with Crippen LogP contribution in [0.2, 0.25) is 0 Å². The van der Waals surface area contributed by atoms with Crippen LogP contribution in [0.1, 0.15) is 10.4 Å². The predicted molar refractivity (Wildman–Crippen MR) is 55.2 cm³/mol. The second-order valence-electron chi connectivity index (χ2n) is 3.20. The Morgan fingerprint density at radius 3 is 2.62 bits per heavy atom. The molecular formula is C10H12F2N2O2. The molecule has 1 amide bonds. The number of nitrogens with two attached hydrogens (primary N) is 1. The van der Waals surface area contributed by atoms with Crippen molar-refractivity contribution < 1.29 is 18.7 Å². The maximum absolute atomic E-state index is 11.9. The molecule has 1 atom stereocenters. The van der Waals surface area contributed by atoms with Crippen molar-refractivity contribution in [2.45, 2.75) is 12.5 Å². The molecule has 0 fully saturated rings. The summed E-state index contributed by atoms with van der Waals surface area (Å²) in [6, 6.07) is 6.26. The number of rotatable bonds is 4. The highest BCUT2D eigenvalue weighted by Crippen LogP contribution is 2.10. The number of hydrogen-bond donors (Lipinski definition) is 3. The molecule has 1 aromatic carbocycles. The number of hydrogen-bond acceptors (Lipinski definition) is 3. The van der Waals surface area contributed by atoms with Gasteiger partial charge in [-0.25, -0.2) is 8.78 Å². The summed E-state index contributed by atoms with van der Waals surface area (Å²) >= 11 is 0. The van der Waals surface area contributed by atoms with Crippen LogP contribution >= 0.6 is 0 Å². The van der Waals surface area contributed by atoms with Gasteiger partial charge in [0, 0.05) is 12.2 Å². The summed E-state index contributed by atoms with van der Waals surface area (Å²) in [6.45, 7) is -0.509. The third kappa shape index (κ3) is 3.16. The molecular weight excluding hydrogens is 218 g/mol. The molecule has 0 aromatic heterocycles. The summed E-state index contributed by atoms with van der Waals surface area (Å²) in [5.74, 6) is -0.585. The SMILES string of the molecule is Nc1ccccc1C(=O)NCC(O)C(F)F. The van der Waals surface area contributed by atoms with Crippen LogP contribution in [0, 0.1) is 0 Å². The third-order valence-corrected chi connectivity index (χ3v) is 1.97. The first kappa shape index (κ1) is 12.4. The van der Waals surface area contributed by atoms with Crippen LogP contribution in [0.5, 0.6) is 0 Å². The molecule has 0 radical (unpaired) electrons. The Morgan fingerprint density at radius 1 is 1.44 bits per heavy atom. The summed E-state index contributed by atoms with van der Waals surface area (Å²) in [7, 11) is 0. The summed E-state index contributed by atoms with van der Waals surface area (Å²) in [6.07, 6.45) is -4.75. The van der Waals surface area contributed by atoms with Gasteiger partial charge >= 0.3 is 0 Å². The monoisotopic (exact) mass is 230 g/mol. The Kier molecular flexibility index (Phi) is 4.19. The van der Waals surface area contributed by atoms with Gasteiger partial charge in [-0.15, -0.1) is 0 Å². The van der Waals surface area contributed by atoms with Crippen molar-refractivity contribution >= 4 is 11.6 Å². The molecule has 0 aliphatic heterocycles. The number of carbonyl (C=O) groups is 1. The van der Waals surface area contributed by atoms with Gasteiger partial charge in [-0.1, -0.05) is 12.1 Å². The number of benzene rings is 1. The van der Waals surface area contributed by atoms with E-state index in [1.165, 1.54) is 12.1 Å². The van der Waals surface area contributed by atoms with Crippen molar-refractivity contribution in [2.75, 3.05) is 12.3 Å². The second-order valence-corrected chi connectivity index (χ2v) is 3.20. The van der Waals surface area contributed by atoms with Crippen LogP contribution in [-0.2, 0) is 0 Å². The van der Waals surface area contributed by atoms with Gasteiger partial charge in [-0.3, -0.25) is 4.79 Å². The summed E-state index contributed by atoms with van der Waals surface area (Å²) in [5.41, 5.74) is 5.97. The highest BCUT2D eigenvalue weighted by molar-refractivity contribution is 5.99. The van der Waals surface area contributed by atoms with Crippen LogP contribution in [0.25, 0.3) is 0 Å². The lowest BCUT2D eigenvalue weighted by Gasteiger charge is -2.11. The average molecular weight is 230 g/mol. The van der Waals surface area contributed by atoms with Gasteiger partial charge in [0.05, 0.1) is 5.56 Å². The Balaban J connectivity index is 2.57. The van der Waals surface area contributed by atoms with Crippen molar-refractivity contribution in [1.82, 2.24) is 5.32 Å². The van der Waals surface area contributed by atoms with E-state index < -0.39 is 25.0 Å². The molecule has 16 heavy (non-hydrogen) atoms. The number of aliphatic hydroxyl groups is 1. The summed E-state index contributed by atoms with van der Waals surface area (Å²) in [5, 5.41) is 11.0. The van der Waals surface area contributed by atoms with E-state index in [4.69, 9.17) is 10.8 Å². The Labute approximate surface area is 91.1 Å². The molecule has 0 bridgehead atoms. The van der Waals surface area contributed by atoms with Crippen LogP contribution in [0.15, 0.2) is 24.3 Å². The minimum Gasteiger partial charge on any atom is -0.398 e. The van der Waals surface area contributed by atoms with E-state index >= 15 is 0 Å². The molecule has 4 nitrogen and oxygen atoms in total. The first-order chi connectivity index (χ1) is 7.52. The summed E-state index contributed by atoms with van der Waals surface area (Å²) < 4.78 is 23.9. The molecule has 0 aliphatic carbocycles. The molecule has 1 unspecified atom stereocenters. The molecule has 0 saturated carbocycles. The minimum atomic E-state index is -2.88. The molecule has 1 rings (SSSR count). The zero-order valence-electron chi connectivity index (χ0n) is 8.36. The predicted octanol–water partition coefficient (Wildman–Crippen LogP) is 0.625. The Hall–Kier alpha value is -1.69. The molecule has 0 saturated heterocycles. The molecule has 0 heterocycles. The molecule has 4 N–H and O–H groups in total. The fraction of sp³-hybridized carbons (Fsp3) is 0.300. The number of para-hydroxylation sites is 1. The quantitative estimate of drug-likeness (QED) is 0.664. The Morgan fingerprint density at radius 2 is 2.06 bits per heavy atom. The average Bonchev–Trinajstić information content (AvgIpc) is 2.25. The molecule has 0 spiro atoms. The van der Waals surface area contributed by atoms with Crippen LogP contribution in [0.3, 0.4) is 0 Å². The Bertz CT molecular complexity index is 372. The smallest absolute Gasteiger partial charge is 0.265 e. The summed E-state index contributed by atoms with van der Waals surface area (Å²) in [4.78, 5) is 11.4. The van der Waals surface area contributed by atoms with E-state index in [0.29, 0.717) is 0 Å². The van der Waals surface area contributed by atoms with Crippen LogP contribution in [-0.4, -0.2) is 30.1 Å². The van der Waals surface area contributed by atoms with Crippen molar-refractivity contribution in [1.29, 1.82) is 0 Å². The van der Waals surface area contributed by atoms with E-state index in [2.05, 4.69) is 5.32 Å². The lowest BCUT2D eigenvalue weighted by Crippen LogP contribution is -2.36. The number of carbonyl (C=O) groups excluding carboxylic acids is 1. The standard InChI is InChI=1S/C10H12F2N2O2/c11-9(12)8(15)5-14-10(16)6-3-1-2-4-7(6)13/h1-4,8-9,15H,5,13H2,(H,14,16). The van der Waals surface area contributed by atoms with Gasteiger partial charge in [0.15, 0.2) is 0 Å². The zero-order valence-corrected chi connectivity index (χ0v) is 8.36. The van der Waals surface area contributed by atoms with Gasteiger partial charge in [0.2, 0.25) is 0 Å². The molecule has 88 valence electrons. The van der Waals surface area contributed by atoms with Crippen LogP contribution < -0.4 is 11.1 Å². The van der Waals surface area contributed by atoms with E-state index in [1.807, 2.05) is 0 Å². The number of anilines is 1. The van der Waals surface area contributed by atoms with E-state index in [1.54, 1.807) is 12.1 Å². The van der Waals surface area contributed by atoms with Gasteiger partial charge in [-0.2, -0.15) is 0 Å². The van der Waals surface area contributed by atoms with Gasteiger partial charge in [-0.05, 0) is 12.1 Å². The highest BCUT2D eigenvalue weighted by atomic mass is 19.3. The van der Waals surface area contributed by atoms with Crippen LogP contribution in [0.4, 0.5) is 14.5 Å². The first-order valence-corrected chi connectivity index (χ1v) is 4.61. The maximum atomic E-state index is 11.9. The zero-order chi connectivity index (χ0) is 12.1. The third-order valence-electron chi connectivity index (χ3n) is 1.97. The number of amides is 1. The van der Waals surface area contributed by atoms with Crippen molar-refractivity contribution in [3.05, 3.63) is 29.8 Å². The number of alkyl halides is 2. The number of nitrogen functional groups attached to an aromatic ring is 1.